The average Bonchev–Trinajstić information content (AvgIpc) is 2.45. The molecule has 1 unspecified atom stereocenters. The van der Waals surface area contributed by atoms with Crippen molar-refractivity contribution in [3.63, 3.8) is 0 Å². The number of piperidine rings is 2. The van der Waals surface area contributed by atoms with Gasteiger partial charge < -0.3 is 9.80 Å². The van der Waals surface area contributed by atoms with Crippen molar-refractivity contribution in [2.45, 2.75) is 39.0 Å². The maximum atomic E-state index is 12.5. The molecule has 0 aromatic carbocycles. The quantitative estimate of drug-likeness (QED) is 0.781. The third kappa shape index (κ3) is 3.94. The predicted molar refractivity (Wildman–Crippen MR) is 74.4 cm³/mol. The van der Waals surface area contributed by atoms with Gasteiger partial charge in [-0.2, -0.15) is 5.26 Å². The number of rotatable bonds is 3. The SMILES string of the molecule is CC1CCN(C(=O)C2CCCN(CCC#N)C2)CC1. The lowest BCUT2D eigenvalue weighted by molar-refractivity contribution is -0.138. The van der Waals surface area contributed by atoms with Crippen molar-refractivity contribution < 1.29 is 4.79 Å². The molecule has 4 nitrogen and oxygen atoms in total. The smallest absolute Gasteiger partial charge is 0.226 e. The van der Waals surface area contributed by atoms with Crippen LogP contribution in [0.15, 0.2) is 0 Å². The van der Waals surface area contributed by atoms with Gasteiger partial charge in [-0.3, -0.25) is 4.79 Å². The van der Waals surface area contributed by atoms with Crippen LogP contribution in [0.1, 0.15) is 39.0 Å². The molecule has 0 aliphatic carbocycles. The summed E-state index contributed by atoms with van der Waals surface area (Å²) >= 11 is 0. The fourth-order valence-corrected chi connectivity index (χ4v) is 3.16. The Labute approximate surface area is 116 Å². The van der Waals surface area contributed by atoms with Gasteiger partial charge in [-0.1, -0.05) is 6.92 Å². The van der Waals surface area contributed by atoms with Crippen LogP contribution in [0.2, 0.25) is 0 Å². The van der Waals surface area contributed by atoms with E-state index in [0.29, 0.717) is 12.3 Å². The Kier molecular flexibility index (Phi) is 5.21. The van der Waals surface area contributed by atoms with E-state index in [4.69, 9.17) is 5.26 Å². The summed E-state index contributed by atoms with van der Waals surface area (Å²) in [5.41, 5.74) is 0. The first-order valence-corrected chi connectivity index (χ1v) is 7.59. The number of likely N-dealkylation sites (tertiary alicyclic amines) is 2. The molecule has 2 aliphatic heterocycles. The molecule has 19 heavy (non-hydrogen) atoms. The van der Waals surface area contributed by atoms with E-state index >= 15 is 0 Å². The summed E-state index contributed by atoms with van der Waals surface area (Å²) in [5.74, 6) is 1.29. The molecule has 1 atom stereocenters. The van der Waals surface area contributed by atoms with Crippen LogP contribution in [-0.4, -0.2) is 48.4 Å². The third-order valence-corrected chi connectivity index (χ3v) is 4.49. The summed E-state index contributed by atoms with van der Waals surface area (Å²) < 4.78 is 0. The van der Waals surface area contributed by atoms with E-state index < -0.39 is 0 Å². The van der Waals surface area contributed by atoms with Crippen LogP contribution in [0.25, 0.3) is 0 Å². The number of amides is 1. The number of hydrogen-bond acceptors (Lipinski definition) is 3. The molecule has 2 aliphatic rings. The Morgan fingerprint density at radius 1 is 1.26 bits per heavy atom. The molecular weight excluding hydrogens is 238 g/mol. The molecule has 2 saturated heterocycles. The average molecular weight is 263 g/mol. The normalized spacial score (nSPS) is 26.1. The van der Waals surface area contributed by atoms with E-state index in [9.17, 15) is 4.79 Å². The fraction of sp³-hybridized carbons (Fsp3) is 0.867. The maximum absolute atomic E-state index is 12.5. The summed E-state index contributed by atoms with van der Waals surface area (Å²) in [6.07, 6.45) is 4.98. The summed E-state index contributed by atoms with van der Waals surface area (Å²) in [4.78, 5) is 16.9. The number of hydrogen-bond donors (Lipinski definition) is 0. The van der Waals surface area contributed by atoms with Crippen LogP contribution in [0.3, 0.4) is 0 Å². The van der Waals surface area contributed by atoms with Gasteiger partial charge in [-0.25, -0.2) is 0 Å². The predicted octanol–water partition coefficient (Wildman–Crippen LogP) is 1.87. The van der Waals surface area contributed by atoms with E-state index in [1.54, 1.807) is 0 Å². The zero-order chi connectivity index (χ0) is 13.7. The van der Waals surface area contributed by atoms with Gasteiger partial charge in [0.1, 0.15) is 0 Å². The number of carbonyl (C=O) groups is 1. The van der Waals surface area contributed by atoms with E-state index in [1.165, 1.54) is 0 Å². The van der Waals surface area contributed by atoms with Gasteiger partial charge in [0.05, 0.1) is 12.0 Å². The zero-order valence-electron chi connectivity index (χ0n) is 12.0. The minimum absolute atomic E-state index is 0.167. The highest BCUT2D eigenvalue weighted by atomic mass is 16.2. The van der Waals surface area contributed by atoms with Crippen LogP contribution < -0.4 is 0 Å². The molecule has 0 N–H and O–H groups in total. The molecule has 0 aromatic rings. The second-order valence-electron chi connectivity index (χ2n) is 6.06. The highest BCUT2D eigenvalue weighted by Crippen LogP contribution is 2.22. The van der Waals surface area contributed by atoms with Crippen LogP contribution in [-0.2, 0) is 4.79 Å². The van der Waals surface area contributed by atoms with Gasteiger partial charge in [0, 0.05) is 32.6 Å². The summed E-state index contributed by atoms with van der Waals surface area (Å²) in [6.45, 7) is 6.86. The van der Waals surface area contributed by atoms with Crippen LogP contribution in [0.5, 0.6) is 0 Å². The number of carbonyl (C=O) groups excluding carboxylic acids is 1. The van der Waals surface area contributed by atoms with Crippen LogP contribution in [0, 0.1) is 23.2 Å². The highest BCUT2D eigenvalue weighted by molar-refractivity contribution is 5.79. The van der Waals surface area contributed by atoms with E-state index in [2.05, 4.69) is 22.8 Å². The second-order valence-corrected chi connectivity index (χ2v) is 6.06. The van der Waals surface area contributed by atoms with Gasteiger partial charge in [0.15, 0.2) is 0 Å². The topological polar surface area (TPSA) is 47.3 Å². The lowest BCUT2D eigenvalue weighted by Crippen LogP contribution is -2.47. The Morgan fingerprint density at radius 3 is 2.68 bits per heavy atom. The van der Waals surface area contributed by atoms with Gasteiger partial charge in [0.2, 0.25) is 5.91 Å². The second kappa shape index (κ2) is 6.91. The highest BCUT2D eigenvalue weighted by Gasteiger charge is 2.30. The van der Waals surface area contributed by atoms with E-state index in [-0.39, 0.29) is 5.92 Å². The Balaban J connectivity index is 1.83. The largest absolute Gasteiger partial charge is 0.342 e. The van der Waals surface area contributed by atoms with Crippen molar-refractivity contribution in [1.82, 2.24) is 9.80 Å². The summed E-state index contributed by atoms with van der Waals surface area (Å²) in [5, 5.41) is 8.65. The minimum atomic E-state index is 0.167. The summed E-state index contributed by atoms with van der Waals surface area (Å²) in [6, 6.07) is 2.19. The van der Waals surface area contributed by atoms with Gasteiger partial charge in [-0.05, 0) is 38.1 Å². The van der Waals surface area contributed by atoms with Gasteiger partial charge in [-0.15, -0.1) is 0 Å². The monoisotopic (exact) mass is 263 g/mol. The molecule has 2 rings (SSSR count). The first-order chi connectivity index (χ1) is 9.20. The van der Waals surface area contributed by atoms with Gasteiger partial charge >= 0.3 is 0 Å². The van der Waals surface area contributed by atoms with Crippen LogP contribution in [0.4, 0.5) is 0 Å². The molecule has 106 valence electrons. The van der Waals surface area contributed by atoms with E-state index in [0.717, 1.165) is 64.3 Å². The van der Waals surface area contributed by atoms with Crippen molar-refractivity contribution >= 4 is 5.91 Å². The van der Waals surface area contributed by atoms with E-state index in [1.807, 2.05) is 0 Å². The molecule has 0 radical (unpaired) electrons. The Morgan fingerprint density at radius 2 is 2.00 bits per heavy atom. The lowest BCUT2D eigenvalue weighted by Gasteiger charge is -2.37. The maximum Gasteiger partial charge on any atom is 0.226 e. The van der Waals surface area contributed by atoms with Crippen LogP contribution >= 0.6 is 0 Å². The van der Waals surface area contributed by atoms with Crippen molar-refractivity contribution in [2.24, 2.45) is 11.8 Å². The zero-order valence-corrected chi connectivity index (χ0v) is 12.0. The van der Waals surface area contributed by atoms with Crippen molar-refractivity contribution in [2.75, 3.05) is 32.7 Å². The third-order valence-electron chi connectivity index (χ3n) is 4.49. The number of nitriles is 1. The Bertz CT molecular complexity index is 342. The molecule has 0 aromatic heterocycles. The summed E-state index contributed by atoms with van der Waals surface area (Å²) in [7, 11) is 0. The fourth-order valence-electron chi connectivity index (χ4n) is 3.16. The van der Waals surface area contributed by atoms with Crippen molar-refractivity contribution in [3.8, 4) is 6.07 Å². The minimum Gasteiger partial charge on any atom is -0.342 e. The molecular formula is C15H25N3O. The molecule has 2 fully saturated rings. The molecule has 2 heterocycles. The van der Waals surface area contributed by atoms with Crippen molar-refractivity contribution in [3.05, 3.63) is 0 Å². The standard InChI is InChI=1S/C15H25N3O/c1-13-5-10-18(11-6-13)15(19)14-4-2-8-17(12-14)9-3-7-16/h13-14H,2-6,8-12H2,1H3. The molecule has 0 bridgehead atoms. The molecule has 4 heteroatoms. The lowest BCUT2D eigenvalue weighted by atomic mass is 9.93. The first-order valence-electron chi connectivity index (χ1n) is 7.59. The van der Waals surface area contributed by atoms with Gasteiger partial charge in [0.25, 0.3) is 0 Å². The number of nitrogens with zero attached hydrogens (tertiary/aromatic N) is 3. The molecule has 0 saturated carbocycles. The molecule has 1 amide bonds. The molecule has 0 spiro atoms. The Hall–Kier alpha value is -1.08. The van der Waals surface area contributed by atoms with Crippen molar-refractivity contribution in [1.29, 1.82) is 5.26 Å². The first kappa shape index (κ1) is 14.3.